The number of nitrogens with zero attached hydrogens (tertiary/aromatic N) is 4. The van der Waals surface area contributed by atoms with Crippen LogP contribution in [0.1, 0.15) is 28.9 Å². The summed E-state index contributed by atoms with van der Waals surface area (Å²) in [6.45, 7) is 3.21. The number of carbonyl (C=O) groups is 1. The lowest BCUT2D eigenvalue weighted by atomic mass is 10.0. The molecule has 6 nitrogen and oxygen atoms in total. The Hall–Kier alpha value is -3.64. The summed E-state index contributed by atoms with van der Waals surface area (Å²) in [5, 5.41) is 3.84. The van der Waals surface area contributed by atoms with Gasteiger partial charge in [-0.3, -0.25) is 19.7 Å². The van der Waals surface area contributed by atoms with E-state index in [2.05, 4.69) is 26.3 Å². The van der Waals surface area contributed by atoms with E-state index in [1.807, 2.05) is 36.7 Å². The van der Waals surface area contributed by atoms with Crippen LogP contribution in [0.3, 0.4) is 0 Å². The molecule has 3 aromatic heterocycles. The second kappa shape index (κ2) is 8.62. The van der Waals surface area contributed by atoms with Crippen LogP contribution in [0, 0.1) is 0 Å². The second-order valence-corrected chi connectivity index (χ2v) is 7.83. The Morgan fingerprint density at radius 1 is 0.968 bits per heavy atom. The number of pyridine rings is 3. The van der Waals surface area contributed by atoms with Crippen LogP contribution in [0.15, 0.2) is 73.3 Å². The lowest BCUT2D eigenvalue weighted by Gasteiger charge is -2.15. The molecule has 0 aliphatic carbocycles. The molecule has 1 saturated heterocycles. The fourth-order valence-electron chi connectivity index (χ4n) is 4.06. The lowest BCUT2D eigenvalue weighted by Crippen LogP contribution is -2.18. The average Bonchev–Trinajstić information content (AvgIpc) is 3.32. The van der Waals surface area contributed by atoms with E-state index in [1.165, 1.54) is 18.4 Å². The number of benzene rings is 1. The summed E-state index contributed by atoms with van der Waals surface area (Å²) in [4.78, 5) is 28.4. The first-order valence-electron chi connectivity index (χ1n) is 10.5. The number of para-hydroxylation sites is 1. The van der Waals surface area contributed by atoms with E-state index >= 15 is 0 Å². The molecule has 6 heteroatoms. The number of aromatic nitrogens is 3. The van der Waals surface area contributed by atoms with Crippen molar-refractivity contribution in [3.63, 3.8) is 0 Å². The average molecular weight is 409 g/mol. The molecular formula is C25H23N5O. The molecule has 0 radical (unpaired) electrons. The van der Waals surface area contributed by atoms with Crippen molar-refractivity contribution in [1.29, 1.82) is 0 Å². The van der Waals surface area contributed by atoms with Crippen molar-refractivity contribution in [1.82, 2.24) is 19.9 Å². The Morgan fingerprint density at radius 3 is 2.71 bits per heavy atom. The van der Waals surface area contributed by atoms with Crippen LogP contribution in [-0.4, -0.2) is 38.8 Å². The van der Waals surface area contributed by atoms with E-state index in [1.54, 1.807) is 30.6 Å². The van der Waals surface area contributed by atoms with Gasteiger partial charge in [0.05, 0.1) is 17.4 Å². The number of rotatable bonds is 5. The monoisotopic (exact) mass is 409 g/mol. The van der Waals surface area contributed by atoms with E-state index in [0.717, 1.165) is 41.7 Å². The fraction of sp³-hybridized carbons (Fsp3) is 0.200. The lowest BCUT2D eigenvalue weighted by molar-refractivity contribution is 0.102. The first-order valence-corrected chi connectivity index (χ1v) is 10.5. The van der Waals surface area contributed by atoms with Crippen LogP contribution in [0.4, 0.5) is 5.69 Å². The van der Waals surface area contributed by atoms with Crippen molar-refractivity contribution in [3.8, 4) is 11.1 Å². The highest BCUT2D eigenvalue weighted by Gasteiger charge is 2.14. The maximum Gasteiger partial charge on any atom is 0.274 e. The van der Waals surface area contributed by atoms with Gasteiger partial charge in [0.25, 0.3) is 5.91 Å². The number of amides is 1. The van der Waals surface area contributed by atoms with Crippen molar-refractivity contribution in [2.75, 3.05) is 18.4 Å². The minimum absolute atomic E-state index is 0.259. The molecule has 1 aliphatic rings. The van der Waals surface area contributed by atoms with Gasteiger partial charge in [0, 0.05) is 41.6 Å². The van der Waals surface area contributed by atoms with Crippen LogP contribution >= 0.6 is 0 Å². The minimum Gasteiger partial charge on any atom is -0.319 e. The summed E-state index contributed by atoms with van der Waals surface area (Å²) in [6.07, 6.45) is 9.62. The van der Waals surface area contributed by atoms with Crippen molar-refractivity contribution < 1.29 is 4.79 Å². The van der Waals surface area contributed by atoms with Gasteiger partial charge in [0.2, 0.25) is 0 Å². The smallest absolute Gasteiger partial charge is 0.274 e. The highest BCUT2D eigenvalue weighted by atomic mass is 16.1. The quantitative estimate of drug-likeness (QED) is 0.524. The molecule has 154 valence electrons. The predicted octanol–water partition coefficient (Wildman–Crippen LogP) is 4.54. The standard InChI is InChI=1S/C25H23N5O/c31-25(28-21-6-4-10-26-16-21)23-9-8-19-5-3-7-22(24(19)29-23)20-13-18(14-27-15-20)17-30-11-1-2-12-30/h3-10,13-16H,1-2,11-12,17H2,(H,28,31). The van der Waals surface area contributed by atoms with E-state index in [-0.39, 0.29) is 5.91 Å². The number of fused-ring (bicyclic) bond motifs is 1. The number of likely N-dealkylation sites (tertiary alicyclic amines) is 1. The Morgan fingerprint density at radius 2 is 1.87 bits per heavy atom. The first kappa shape index (κ1) is 19.3. The molecule has 1 N–H and O–H groups in total. The molecule has 4 heterocycles. The molecule has 0 atom stereocenters. The maximum absolute atomic E-state index is 12.7. The predicted molar refractivity (Wildman–Crippen MR) is 122 cm³/mol. The van der Waals surface area contributed by atoms with Crippen LogP contribution in [0.2, 0.25) is 0 Å². The summed E-state index contributed by atoms with van der Waals surface area (Å²) < 4.78 is 0. The van der Waals surface area contributed by atoms with E-state index in [9.17, 15) is 4.79 Å². The van der Waals surface area contributed by atoms with Gasteiger partial charge in [0.1, 0.15) is 5.69 Å². The third-order valence-corrected chi connectivity index (χ3v) is 5.58. The maximum atomic E-state index is 12.7. The van der Waals surface area contributed by atoms with Gasteiger partial charge in [0.15, 0.2) is 0 Å². The SMILES string of the molecule is O=C(Nc1cccnc1)c1ccc2cccc(-c3cncc(CN4CCCC4)c3)c2n1. The van der Waals surface area contributed by atoms with E-state index in [0.29, 0.717) is 11.4 Å². The zero-order chi connectivity index (χ0) is 21.0. The highest BCUT2D eigenvalue weighted by Crippen LogP contribution is 2.28. The van der Waals surface area contributed by atoms with Crippen molar-refractivity contribution in [2.45, 2.75) is 19.4 Å². The van der Waals surface area contributed by atoms with Crippen molar-refractivity contribution in [3.05, 3.63) is 84.6 Å². The molecular weight excluding hydrogens is 386 g/mol. The van der Waals surface area contributed by atoms with Gasteiger partial charge >= 0.3 is 0 Å². The summed E-state index contributed by atoms with van der Waals surface area (Å²) in [6, 6.07) is 15.5. The van der Waals surface area contributed by atoms with Crippen LogP contribution in [0.25, 0.3) is 22.0 Å². The van der Waals surface area contributed by atoms with Gasteiger partial charge in [-0.15, -0.1) is 0 Å². The van der Waals surface area contributed by atoms with Crippen molar-refractivity contribution in [2.24, 2.45) is 0 Å². The van der Waals surface area contributed by atoms with Gasteiger partial charge in [-0.2, -0.15) is 0 Å². The third-order valence-electron chi connectivity index (χ3n) is 5.58. The molecule has 0 saturated carbocycles. The normalized spacial score (nSPS) is 14.1. The molecule has 1 aromatic carbocycles. The molecule has 0 bridgehead atoms. The van der Waals surface area contributed by atoms with Crippen molar-refractivity contribution >= 4 is 22.5 Å². The Kier molecular flexibility index (Phi) is 5.37. The minimum atomic E-state index is -0.259. The summed E-state index contributed by atoms with van der Waals surface area (Å²) in [7, 11) is 0. The van der Waals surface area contributed by atoms with Gasteiger partial charge in [-0.1, -0.05) is 24.3 Å². The Labute approximate surface area is 181 Å². The number of anilines is 1. The number of hydrogen-bond donors (Lipinski definition) is 1. The molecule has 5 rings (SSSR count). The second-order valence-electron chi connectivity index (χ2n) is 7.83. The Bertz CT molecular complexity index is 1220. The topological polar surface area (TPSA) is 71.0 Å². The summed E-state index contributed by atoms with van der Waals surface area (Å²) >= 11 is 0. The Balaban J connectivity index is 1.48. The zero-order valence-corrected chi connectivity index (χ0v) is 17.2. The molecule has 1 amide bonds. The van der Waals surface area contributed by atoms with Crippen LogP contribution < -0.4 is 5.32 Å². The molecule has 4 aromatic rings. The van der Waals surface area contributed by atoms with Gasteiger partial charge in [-0.05, 0) is 55.8 Å². The molecule has 1 fully saturated rings. The highest BCUT2D eigenvalue weighted by molar-refractivity contribution is 6.05. The van der Waals surface area contributed by atoms with E-state index < -0.39 is 0 Å². The van der Waals surface area contributed by atoms with Gasteiger partial charge in [-0.25, -0.2) is 4.98 Å². The fourth-order valence-corrected chi connectivity index (χ4v) is 4.06. The number of nitrogens with one attached hydrogen (secondary N) is 1. The largest absolute Gasteiger partial charge is 0.319 e. The summed E-state index contributed by atoms with van der Waals surface area (Å²) in [5.41, 5.74) is 4.98. The number of hydrogen-bond acceptors (Lipinski definition) is 5. The molecule has 0 spiro atoms. The molecule has 31 heavy (non-hydrogen) atoms. The number of carbonyl (C=O) groups excluding carboxylic acids is 1. The molecule has 0 unspecified atom stereocenters. The van der Waals surface area contributed by atoms with Crippen LogP contribution in [0.5, 0.6) is 0 Å². The van der Waals surface area contributed by atoms with Gasteiger partial charge < -0.3 is 5.32 Å². The summed E-state index contributed by atoms with van der Waals surface area (Å²) in [5.74, 6) is -0.259. The zero-order valence-electron chi connectivity index (χ0n) is 17.2. The van der Waals surface area contributed by atoms with Crippen LogP contribution in [-0.2, 0) is 6.54 Å². The molecule has 1 aliphatic heterocycles. The first-order chi connectivity index (χ1) is 15.3. The third kappa shape index (κ3) is 4.29. The van der Waals surface area contributed by atoms with E-state index in [4.69, 9.17) is 4.98 Å².